The molecule has 2 aromatic heterocycles. The van der Waals surface area contributed by atoms with Gasteiger partial charge in [-0.1, -0.05) is 0 Å². The van der Waals surface area contributed by atoms with Crippen molar-refractivity contribution in [3.63, 3.8) is 0 Å². The van der Waals surface area contributed by atoms with Gasteiger partial charge in [-0.2, -0.15) is 13.2 Å². The van der Waals surface area contributed by atoms with Gasteiger partial charge in [0.15, 0.2) is 5.69 Å². The number of carbonyl (C=O) groups excluding carboxylic acids is 1. The van der Waals surface area contributed by atoms with E-state index in [1.54, 1.807) is 0 Å². The molecule has 10 heteroatoms. The largest absolute Gasteiger partial charge is 0.434 e. The predicted octanol–water partition coefficient (Wildman–Crippen LogP) is 2.43. The number of nitrogens with two attached hydrogens (primary N) is 1. The minimum atomic E-state index is -4.43. The highest BCUT2D eigenvalue weighted by Gasteiger charge is 2.35. The maximum absolute atomic E-state index is 12.7. The fraction of sp³-hybridized carbons (Fsp3) is 0.429. The van der Waals surface area contributed by atoms with Gasteiger partial charge in [0, 0.05) is 24.4 Å². The molecular formula is C14H14F3N5OS. The monoisotopic (exact) mass is 357 g/mol. The van der Waals surface area contributed by atoms with Crippen molar-refractivity contribution in [2.75, 3.05) is 18.0 Å². The van der Waals surface area contributed by atoms with Crippen LogP contribution in [0.4, 0.5) is 19.0 Å². The van der Waals surface area contributed by atoms with E-state index >= 15 is 0 Å². The Hall–Kier alpha value is -2.23. The molecule has 0 aliphatic carbocycles. The Labute approximate surface area is 139 Å². The molecule has 1 saturated heterocycles. The highest BCUT2D eigenvalue weighted by molar-refractivity contribution is 7.09. The zero-order valence-electron chi connectivity index (χ0n) is 12.5. The lowest BCUT2D eigenvalue weighted by atomic mass is 9.99. The van der Waals surface area contributed by atoms with Gasteiger partial charge in [-0.25, -0.2) is 9.97 Å². The van der Waals surface area contributed by atoms with Gasteiger partial charge in [0.05, 0.1) is 17.4 Å². The average Bonchev–Trinajstić information content (AvgIpc) is 3.05. The van der Waals surface area contributed by atoms with E-state index < -0.39 is 17.8 Å². The second-order valence-corrected chi connectivity index (χ2v) is 6.37. The summed E-state index contributed by atoms with van der Waals surface area (Å²) in [4.78, 5) is 24.9. The minimum Gasteiger partial charge on any atom is -0.364 e. The van der Waals surface area contributed by atoms with E-state index in [0.29, 0.717) is 23.9 Å². The van der Waals surface area contributed by atoms with Gasteiger partial charge < -0.3 is 10.6 Å². The van der Waals surface area contributed by atoms with Crippen molar-refractivity contribution in [1.29, 1.82) is 0 Å². The van der Waals surface area contributed by atoms with Crippen LogP contribution in [0.3, 0.4) is 0 Å². The summed E-state index contributed by atoms with van der Waals surface area (Å²) in [5.41, 5.74) is 4.41. The van der Waals surface area contributed by atoms with Gasteiger partial charge in [0.25, 0.3) is 5.91 Å². The van der Waals surface area contributed by atoms with E-state index in [2.05, 4.69) is 15.0 Å². The molecule has 128 valence electrons. The summed E-state index contributed by atoms with van der Waals surface area (Å²) in [7, 11) is 0. The Morgan fingerprint density at radius 3 is 2.79 bits per heavy atom. The maximum atomic E-state index is 12.7. The predicted molar refractivity (Wildman–Crippen MR) is 81.9 cm³/mol. The number of piperidine rings is 1. The number of hydrogen-bond donors (Lipinski definition) is 1. The number of rotatable bonds is 3. The Morgan fingerprint density at radius 1 is 1.33 bits per heavy atom. The molecule has 3 heterocycles. The Balaban J connectivity index is 1.78. The lowest BCUT2D eigenvalue weighted by Crippen LogP contribution is -2.35. The Kier molecular flexibility index (Phi) is 4.39. The SMILES string of the molecule is NC(=O)c1cncc(N2CCCC(c3nc(C(F)(F)F)cs3)C2)n1. The van der Waals surface area contributed by atoms with E-state index in [1.165, 1.54) is 12.4 Å². The number of carbonyl (C=O) groups is 1. The molecule has 1 aliphatic heterocycles. The van der Waals surface area contributed by atoms with Crippen LogP contribution in [0.25, 0.3) is 0 Å². The number of hydrogen-bond acceptors (Lipinski definition) is 6. The van der Waals surface area contributed by atoms with Crippen LogP contribution in [-0.2, 0) is 6.18 Å². The minimum absolute atomic E-state index is 0.0585. The molecule has 1 aliphatic rings. The zero-order valence-corrected chi connectivity index (χ0v) is 13.3. The lowest BCUT2D eigenvalue weighted by molar-refractivity contribution is -0.140. The number of thiazole rings is 1. The number of alkyl halides is 3. The average molecular weight is 357 g/mol. The first-order valence-electron chi connectivity index (χ1n) is 7.24. The second-order valence-electron chi connectivity index (χ2n) is 5.48. The smallest absolute Gasteiger partial charge is 0.364 e. The van der Waals surface area contributed by atoms with E-state index in [0.717, 1.165) is 29.6 Å². The first-order chi connectivity index (χ1) is 11.3. The van der Waals surface area contributed by atoms with Crippen LogP contribution >= 0.6 is 11.3 Å². The van der Waals surface area contributed by atoms with E-state index in [-0.39, 0.29) is 11.6 Å². The fourth-order valence-corrected chi connectivity index (χ4v) is 3.57. The molecule has 0 bridgehead atoms. The summed E-state index contributed by atoms with van der Waals surface area (Å²) in [6.07, 6.45) is -0.0930. The number of aromatic nitrogens is 3. The van der Waals surface area contributed by atoms with Gasteiger partial charge in [0.2, 0.25) is 0 Å². The van der Waals surface area contributed by atoms with Crippen LogP contribution in [0, 0.1) is 0 Å². The van der Waals surface area contributed by atoms with Crippen LogP contribution in [0.5, 0.6) is 0 Å². The Morgan fingerprint density at radius 2 is 2.12 bits per heavy atom. The van der Waals surface area contributed by atoms with E-state index in [4.69, 9.17) is 5.73 Å². The molecule has 1 atom stereocenters. The van der Waals surface area contributed by atoms with Gasteiger partial charge in [-0.3, -0.25) is 9.78 Å². The third kappa shape index (κ3) is 3.48. The van der Waals surface area contributed by atoms with Crippen LogP contribution < -0.4 is 10.6 Å². The number of halogens is 3. The van der Waals surface area contributed by atoms with Crippen LogP contribution in [0.2, 0.25) is 0 Å². The van der Waals surface area contributed by atoms with Crippen molar-refractivity contribution >= 4 is 23.1 Å². The molecule has 3 rings (SSSR count). The summed E-state index contributed by atoms with van der Waals surface area (Å²) >= 11 is 1.02. The number of primary amides is 1. The second kappa shape index (κ2) is 6.34. The number of nitrogens with zero attached hydrogens (tertiary/aromatic N) is 4. The van der Waals surface area contributed by atoms with Crippen molar-refractivity contribution in [2.45, 2.75) is 24.9 Å². The summed E-state index contributed by atoms with van der Waals surface area (Å²) in [5, 5.41) is 1.51. The van der Waals surface area contributed by atoms with E-state index in [9.17, 15) is 18.0 Å². The molecule has 1 amide bonds. The van der Waals surface area contributed by atoms with Gasteiger partial charge in [-0.15, -0.1) is 11.3 Å². The van der Waals surface area contributed by atoms with E-state index in [1.807, 2.05) is 4.90 Å². The molecule has 1 fully saturated rings. The van der Waals surface area contributed by atoms with Gasteiger partial charge in [0.1, 0.15) is 11.5 Å². The van der Waals surface area contributed by atoms with Crippen molar-refractivity contribution in [2.24, 2.45) is 5.73 Å². The molecule has 0 spiro atoms. The maximum Gasteiger partial charge on any atom is 0.434 e. The number of amides is 1. The first kappa shape index (κ1) is 16.6. The molecule has 0 aromatic carbocycles. The van der Waals surface area contributed by atoms with Gasteiger partial charge in [-0.05, 0) is 12.8 Å². The van der Waals surface area contributed by atoms with Gasteiger partial charge >= 0.3 is 6.18 Å². The van der Waals surface area contributed by atoms with Crippen molar-refractivity contribution in [3.05, 3.63) is 34.2 Å². The molecule has 2 aromatic rings. The summed E-state index contributed by atoms with van der Waals surface area (Å²) < 4.78 is 38.1. The molecule has 6 nitrogen and oxygen atoms in total. The van der Waals surface area contributed by atoms with Crippen molar-refractivity contribution in [3.8, 4) is 0 Å². The molecular weight excluding hydrogens is 343 g/mol. The normalized spacial score (nSPS) is 18.6. The van der Waals surface area contributed by atoms with Crippen LogP contribution in [-0.4, -0.2) is 33.9 Å². The standard InChI is InChI=1S/C14H14F3N5OS/c15-14(16,17)10-7-24-13(21-10)8-2-1-3-22(6-8)11-5-19-4-9(20-11)12(18)23/h4-5,7-8H,1-3,6H2,(H2,18,23). The molecule has 24 heavy (non-hydrogen) atoms. The molecule has 1 unspecified atom stereocenters. The summed E-state index contributed by atoms with van der Waals surface area (Å²) in [5.74, 6) is -0.296. The third-order valence-electron chi connectivity index (χ3n) is 3.78. The highest BCUT2D eigenvalue weighted by atomic mass is 32.1. The molecule has 2 N–H and O–H groups in total. The third-order valence-corrected chi connectivity index (χ3v) is 4.79. The van der Waals surface area contributed by atoms with Crippen LogP contribution in [0.1, 0.15) is 39.9 Å². The molecule has 0 saturated carbocycles. The highest BCUT2D eigenvalue weighted by Crippen LogP contribution is 2.35. The Bertz CT molecular complexity index is 748. The molecule has 0 radical (unpaired) electrons. The van der Waals surface area contributed by atoms with Crippen LogP contribution in [0.15, 0.2) is 17.8 Å². The topological polar surface area (TPSA) is 85.0 Å². The zero-order chi connectivity index (χ0) is 17.3. The quantitative estimate of drug-likeness (QED) is 0.912. The lowest BCUT2D eigenvalue weighted by Gasteiger charge is -2.32. The number of anilines is 1. The van der Waals surface area contributed by atoms with Crippen molar-refractivity contribution in [1.82, 2.24) is 15.0 Å². The fourth-order valence-electron chi connectivity index (χ4n) is 2.62. The van der Waals surface area contributed by atoms with Crippen molar-refractivity contribution < 1.29 is 18.0 Å². The summed E-state index contributed by atoms with van der Waals surface area (Å²) in [6.45, 7) is 1.16. The summed E-state index contributed by atoms with van der Waals surface area (Å²) in [6, 6.07) is 0. The first-order valence-corrected chi connectivity index (χ1v) is 8.12.